The van der Waals surface area contributed by atoms with Crippen molar-refractivity contribution >= 4 is 34.4 Å². The summed E-state index contributed by atoms with van der Waals surface area (Å²) in [6.07, 6.45) is 3.62. The molecule has 0 unspecified atom stereocenters. The molecule has 1 aliphatic rings. The number of nitrogens with zero attached hydrogens (tertiary/aromatic N) is 6. The van der Waals surface area contributed by atoms with Crippen LogP contribution in [0.2, 0.25) is 5.02 Å². The molecule has 1 saturated heterocycles. The highest BCUT2D eigenvalue weighted by Crippen LogP contribution is 2.27. The second-order valence-corrected chi connectivity index (χ2v) is 8.57. The SMILES string of the molecule is CCCc1nc(N2CCN(C(=O)c3ccc(Cl)cc3)CC2)c2cnn(-c3ccccc3)c2n1. The van der Waals surface area contributed by atoms with Gasteiger partial charge in [-0.2, -0.15) is 5.10 Å². The van der Waals surface area contributed by atoms with Crippen molar-refractivity contribution in [3.05, 3.63) is 77.2 Å². The molecule has 7 nitrogen and oxygen atoms in total. The third kappa shape index (κ3) is 4.28. The predicted molar refractivity (Wildman–Crippen MR) is 130 cm³/mol. The van der Waals surface area contributed by atoms with Crippen LogP contribution in [0.1, 0.15) is 29.5 Å². The zero-order valence-corrected chi connectivity index (χ0v) is 19.2. The number of anilines is 1. The first-order valence-corrected chi connectivity index (χ1v) is 11.6. The second kappa shape index (κ2) is 9.19. The Kier molecular flexibility index (Phi) is 5.96. The molecule has 1 aliphatic heterocycles. The van der Waals surface area contributed by atoms with Crippen LogP contribution in [0, 0.1) is 0 Å². The van der Waals surface area contributed by atoms with Gasteiger partial charge in [-0.15, -0.1) is 0 Å². The molecule has 0 aliphatic carbocycles. The first-order valence-electron chi connectivity index (χ1n) is 11.2. The normalized spacial score (nSPS) is 14.1. The van der Waals surface area contributed by atoms with Crippen LogP contribution in [-0.2, 0) is 6.42 Å². The van der Waals surface area contributed by atoms with E-state index in [0.717, 1.165) is 41.2 Å². The van der Waals surface area contributed by atoms with E-state index >= 15 is 0 Å². The third-order valence-corrected chi connectivity index (χ3v) is 6.14. The van der Waals surface area contributed by atoms with Gasteiger partial charge in [0.1, 0.15) is 11.6 Å². The number of aryl methyl sites for hydroxylation is 1. The number of halogens is 1. The van der Waals surface area contributed by atoms with E-state index in [1.54, 1.807) is 24.3 Å². The molecule has 1 amide bonds. The first-order chi connectivity index (χ1) is 16.1. The lowest BCUT2D eigenvalue weighted by atomic mass is 10.2. The molecule has 0 radical (unpaired) electrons. The minimum atomic E-state index is 0.0303. The molecule has 4 aromatic rings. The van der Waals surface area contributed by atoms with Gasteiger partial charge in [0.25, 0.3) is 5.91 Å². The van der Waals surface area contributed by atoms with Gasteiger partial charge in [0.15, 0.2) is 5.65 Å². The highest BCUT2D eigenvalue weighted by Gasteiger charge is 2.25. The van der Waals surface area contributed by atoms with E-state index in [-0.39, 0.29) is 5.91 Å². The number of hydrogen-bond donors (Lipinski definition) is 0. The number of piperazine rings is 1. The van der Waals surface area contributed by atoms with Gasteiger partial charge in [-0.05, 0) is 42.8 Å². The van der Waals surface area contributed by atoms with E-state index in [2.05, 4.69) is 16.9 Å². The Hall–Kier alpha value is -3.45. The number of benzene rings is 2. The largest absolute Gasteiger partial charge is 0.352 e. The summed E-state index contributed by atoms with van der Waals surface area (Å²) in [4.78, 5) is 26.8. The van der Waals surface area contributed by atoms with Crippen LogP contribution in [-0.4, -0.2) is 56.7 Å². The molecule has 1 fully saturated rings. The lowest BCUT2D eigenvalue weighted by Crippen LogP contribution is -2.49. The Labute approximate surface area is 197 Å². The molecule has 2 aromatic heterocycles. The van der Waals surface area contributed by atoms with Crippen LogP contribution >= 0.6 is 11.6 Å². The number of amides is 1. The quantitative estimate of drug-likeness (QED) is 0.442. The van der Waals surface area contributed by atoms with Crippen LogP contribution < -0.4 is 4.90 Å². The van der Waals surface area contributed by atoms with Gasteiger partial charge < -0.3 is 9.80 Å². The fourth-order valence-corrected chi connectivity index (χ4v) is 4.29. The van der Waals surface area contributed by atoms with Crippen molar-refractivity contribution in [3.63, 3.8) is 0 Å². The molecule has 0 saturated carbocycles. The highest BCUT2D eigenvalue weighted by atomic mass is 35.5. The summed E-state index contributed by atoms with van der Waals surface area (Å²) in [5, 5.41) is 6.18. The van der Waals surface area contributed by atoms with Crippen LogP contribution in [0.3, 0.4) is 0 Å². The molecule has 5 rings (SSSR count). The summed E-state index contributed by atoms with van der Waals surface area (Å²) < 4.78 is 1.87. The van der Waals surface area contributed by atoms with Crippen LogP contribution in [0.4, 0.5) is 5.82 Å². The summed E-state index contributed by atoms with van der Waals surface area (Å²) in [6.45, 7) is 4.79. The molecular formula is C25H25ClN6O. The van der Waals surface area contributed by atoms with E-state index in [9.17, 15) is 4.79 Å². The van der Waals surface area contributed by atoms with Gasteiger partial charge in [0, 0.05) is 43.2 Å². The molecule has 0 bridgehead atoms. The summed E-state index contributed by atoms with van der Waals surface area (Å²) >= 11 is 5.96. The minimum absolute atomic E-state index is 0.0303. The van der Waals surface area contributed by atoms with Crippen molar-refractivity contribution in [2.24, 2.45) is 0 Å². The smallest absolute Gasteiger partial charge is 0.253 e. The second-order valence-electron chi connectivity index (χ2n) is 8.13. The van der Waals surface area contributed by atoms with Gasteiger partial charge in [-0.1, -0.05) is 36.7 Å². The molecular weight excluding hydrogens is 436 g/mol. The van der Waals surface area contributed by atoms with E-state index in [0.29, 0.717) is 36.8 Å². The van der Waals surface area contributed by atoms with Crippen molar-refractivity contribution in [1.29, 1.82) is 0 Å². The number of rotatable bonds is 5. The average Bonchev–Trinajstić information content (AvgIpc) is 3.28. The lowest BCUT2D eigenvalue weighted by Gasteiger charge is -2.35. The molecule has 0 spiro atoms. The van der Waals surface area contributed by atoms with Crippen molar-refractivity contribution in [2.45, 2.75) is 19.8 Å². The Balaban J connectivity index is 1.42. The number of carbonyl (C=O) groups is 1. The summed E-state index contributed by atoms with van der Waals surface area (Å²) in [5.41, 5.74) is 2.44. The minimum Gasteiger partial charge on any atom is -0.352 e. The average molecular weight is 461 g/mol. The third-order valence-electron chi connectivity index (χ3n) is 5.89. The fourth-order valence-electron chi connectivity index (χ4n) is 4.17. The van der Waals surface area contributed by atoms with Crippen molar-refractivity contribution in [3.8, 4) is 5.69 Å². The molecule has 0 atom stereocenters. The number of para-hydroxylation sites is 1. The number of fused-ring (bicyclic) bond motifs is 1. The van der Waals surface area contributed by atoms with Gasteiger partial charge in [-0.25, -0.2) is 14.6 Å². The van der Waals surface area contributed by atoms with Crippen LogP contribution in [0.25, 0.3) is 16.7 Å². The van der Waals surface area contributed by atoms with Gasteiger partial charge in [-0.3, -0.25) is 4.79 Å². The highest BCUT2D eigenvalue weighted by molar-refractivity contribution is 6.30. The Morgan fingerprint density at radius 1 is 0.970 bits per heavy atom. The maximum absolute atomic E-state index is 12.9. The Morgan fingerprint density at radius 3 is 2.39 bits per heavy atom. The van der Waals surface area contributed by atoms with Crippen molar-refractivity contribution < 1.29 is 4.79 Å². The monoisotopic (exact) mass is 460 g/mol. The van der Waals surface area contributed by atoms with Crippen LogP contribution in [0.5, 0.6) is 0 Å². The topological polar surface area (TPSA) is 67.2 Å². The van der Waals surface area contributed by atoms with E-state index in [1.807, 2.05) is 46.1 Å². The van der Waals surface area contributed by atoms with E-state index in [1.165, 1.54) is 0 Å². The Bertz CT molecular complexity index is 1260. The van der Waals surface area contributed by atoms with Crippen molar-refractivity contribution in [2.75, 3.05) is 31.1 Å². The number of aromatic nitrogens is 4. The van der Waals surface area contributed by atoms with Gasteiger partial charge >= 0.3 is 0 Å². The van der Waals surface area contributed by atoms with E-state index in [4.69, 9.17) is 21.6 Å². The molecule has 168 valence electrons. The molecule has 8 heteroatoms. The lowest BCUT2D eigenvalue weighted by molar-refractivity contribution is 0.0746. The zero-order valence-electron chi connectivity index (χ0n) is 18.5. The predicted octanol–water partition coefficient (Wildman–Crippen LogP) is 4.38. The number of carbonyl (C=O) groups excluding carboxylic acids is 1. The first kappa shape index (κ1) is 21.4. The van der Waals surface area contributed by atoms with Gasteiger partial charge in [0.05, 0.1) is 17.3 Å². The van der Waals surface area contributed by atoms with Gasteiger partial charge in [0.2, 0.25) is 0 Å². The molecule has 0 N–H and O–H groups in total. The molecule has 33 heavy (non-hydrogen) atoms. The summed E-state index contributed by atoms with van der Waals surface area (Å²) in [6, 6.07) is 17.1. The standard InChI is InChI=1S/C25H25ClN6O/c1-2-6-22-28-23(21-17-27-32(24(21)29-22)20-7-4-3-5-8-20)30-13-15-31(16-14-30)25(33)18-9-11-19(26)12-10-18/h3-5,7-12,17H,2,6,13-16H2,1H3. The summed E-state index contributed by atoms with van der Waals surface area (Å²) in [7, 11) is 0. The van der Waals surface area contributed by atoms with Crippen molar-refractivity contribution in [1.82, 2.24) is 24.6 Å². The zero-order chi connectivity index (χ0) is 22.8. The molecule has 2 aromatic carbocycles. The Morgan fingerprint density at radius 2 is 1.70 bits per heavy atom. The molecule has 3 heterocycles. The maximum Gasteiger partial charge on any atom is 0.253 e. The van der Waals surface area contributed by atoms with Crippen LogP contribution in [0.15, 0.2) is 60.8 Å². The summed E-state index contributed by atoms with van der Waals surface area (Å²) in [5.74, 6) is 1.74. The maximum atomic E-state index is 12.9. The number of hydrogen-bond acceptors (Lipinski definition) is 5. The van der Waals surface area contributed by atoms with E-state index < -0.39 is 0 Å². The fraction of sp³-hybridized carbons (Fsp3) is 0.280.